The van der Waals surface area contributed by atoms with Crippen LogP contribution in [0.25, 0.3) is 0 Å². The van der Waals surface area contributed by atoms with Crippen LogP contribution in [0, 0.1) is 0 Å². The first-order chi connectivity index (χ1) is 9.83. The van der Waals surface area contributed by atoms with E-state index in [1.807, 2.05) is 24.4 Å². The summed E-state index contributed by atoms with van der Waals surface area (Å²) in [7, 11) is 0. The molecule has 3 heterocycles. The summed E-state index contributed by atoms with van der Waals surface area (Å²) in [6.07, 6.45) is 7.45. The number of hydrogen-bond acceptors (Lipinski definition) is 5. The Morgan fingerprint density at radius 1 is 1.25 bits per heavy atom. The van der Waals surface area contributed by atoms with Crippen molar-refractivity contribution < 1.29 is 0 Å². The first kappa shape index (κ1) is 13.3. The van der Waals surface area contributed by atoms with Crippen LogP contribution in [0.4, 0.5) is 11.6 Å². The SMILES string of the molecule is Brc1cccnc1N1CCCC(Nc2ccncn2)C1. The lowest BCUT2D eigenvalue weighted by Crippen LogP contribution is -2.42. The van der Waals surface area contributed by atoms with E-state index in [2.05, 4.69) is 41.1 Å². The molecule has 0 amide bonds. The third kappa shape index (κ3) is 3.07. The second kappa shape index (κ2) is 6.17. The van der Waals surface area contributed by atoms with Gasteiger partial charge in [-0.25, -0.2) is 15.0 Å². The molecule has 1 N–H and O–H groups in total. The van der Waals surface area contributed by atoms with Gasteiger partial charge in [0.15, 0.2) is 0 Å². The van der Waals surface area contributed by atoms with Crippen molar-refractivity contribution in [2.45, 2.75) is 18.9 Å². The van der Waals surface area contributed by atoms with Crippen LogP contribution in [-0.4, -0.2) is 34.1 Å². The van der Waals surface area contributed by atoms with Gasteiger partial charge in [-0.1, -0.05) is 0 Å². The zero-order valence-corrected chi connectivity index (χ0v) is 12.6. The van der Waals surface area contributed by atoms with E-state index in [0.29, 0.717) is 6.04 Å². The molecule has 20 heavy (non-hydrogen) atoms. The summed E-state index contributed by atoms with van der Waals surface area (Å²) in [4.78, 5) is 14.9. The maximum Gasteiger partial charge on any atom is 0.142 e. The highest BCUT2D eigenvalue weighted by Gasteiger charge is 2.22. The molecule has 1 aliphatic rings. The zero-order valence-electron chi connectivity index (χ0n) is 11.0. The third-order valence-corrected chi connectivity index (χ3v) is 4.01. The van der Waals surface area contributed by atoms with E-state index in [9.17, 15) is 0 Å². The number of rotatable bonds is 3. The standard InChI is InChI=1S/C14H16BrN5/c15-12-4-1-6-17-14(12)20-8-2-3-11(9-20)19-13-5-7-16-10-18-13/h1,4-7,10-11H,2-3,8-9H2,(H,16,18,19). The average molecular weight is 334 g/mol. The molecule has 1 fully saturated rings. The van der Waals surface area contributed by atoms with Gasteiger partial charge in [-0.2, -0.15) is 0 Å². The van der Waals surface area contributed by atoms with Crippen LogP contribution in [-0.2, 0) is 0 Å². The number of aromatic nitrogens is 3. The summed E-state index contributed by atoms with van der Waals surface area (Å²) in [5, 5.41) is 3.46. The van der Waals surface area contributed by atoms with Gasteiger partial charge in [0.05, 0.1) is 4.47 Å². The molecule has 1 saturated heterocycles. The van der Waals surface area contributed by atoms with Gasteiger partial charge >= 0.3 is 0 Å². The highest BCUT2D eigenvalue weighted by Crippen LogP contribution is 2.26. The molecule has 0 spiro atoms. The van der Waals surface area contributed by atoms with E-state index in [0.717, 1.165) is 42.0 Å². The van der Waals surface area contributed by atoms with Crippen LogP contribution in [0.2, 0.25) is 0 Å². The molecule has 0 radical (unpaired) electrons. The van der Waals surface area contributed by atoms with Crippen molar-refractivity contribution >= 4 is 27.6 Å². The molecule has 2 aromatic heterocycles. The molecular weight excluding hydrogens is 318 g/mol. The Hall–Kier alpha value is -1.69. The number of piperidine rings is 1. The number of nitrogens with zero attached hydrogens (tertiary/aromatic N) is 4. The van der Waals surface area contributed by atoms with Gasteiger partial charge in [-0.3, -0.25) is 0 Å². The number of nitrogens with one attached hydrogen (secondary N) is 1. The second-order valence-corrected chi connectivity index (χ2v) is 5.69. The van der Waals surface area contributed by atoms with Gasteiger partial charge in [-0.05, 0) is 47.0 Å². The Morgan fingerprint density at radius 2 is 2.20 bits per heavy atom. The topological polar surface area (TPSA) is 53.9 Å². The predicted molar refractivity (Wildman–Crippen MR) is 82.8 cm³/mol. The molecule has 0 aromatic carbocycles. The van der Waals surface area contributed by atoms with Crippen molar-refractivity contribution in [3.63, 3.8) is 0 Å². The lowest BCUT2D eigenvalue weighted by molar-refractivity contribution is 0.525. The predicted octanol–water partition coefficient (Wildman–Crippen LogP) is 2.71. The Morgan fingerprint density at radius 3 is 3.00 bits per heavy atom. The van der Waals surface area contributed by atoms with Crippen molar-refractivity contribution in [1.82, 2.24) is 15.0 Å². The summed E-state index contributed by atoms with van der Waals surface area (Å²) in [5.74, 6) is 1.90. The minimum absolute atomic E-state index is 0.382. The van der Waals surface area contributed by atoms with Crippen LogP contribution in [0.3, 0.4) is 0 Å². The number of pyridine rings is 1. The second-order valence-electron chi connectivity index (χ2n) is 4.83. The largest absolute Gasteiger partial charge is 0.365 e. The summed E-state index contributed by atoms with van der Waals surface area (Å²) in [5.41, 5.74) is 0. The summed E-state index contributed by atoms with van der Waals surface area (Å²) >= 11 is 3.57. The Labute approximate surface area is 126 Å². The third-order valence-electron chi connectivity index (χ3n) is 3.39. The van der Waals surface area contributed by atoms with E-state index < -0.39 is 0 Å². The van der Waals surface area contributed by atoms with Crippen molar-refractivity contribution in [3.05, 3.63) is 41.4 Å². The summed E-state index contributed by atoms with van der Waals surface area (Å²) in [6, 6.07) is 6.25. The van der Waals surface area contributed by atoms with E-state index in [4.69, 9.17) is 0 Å². The Kier molecular flexibility index (Phi) is 4.11. The van der Waals surface area contributed by atoms with Gasteiger partial charge in [0.1, 0.15) is 18.0 Å². The van der Waals surface area contributed by atoms with Crippen molar-refractivity contribution in [1.29, 1.82) is 0 Å². The molecule has 2 aromatic rings. The Bertz CT molecular complexity index is 563. The molecule has 3 rings (SSSR count). The number of hydrogen-bond donors (Lipinski definition) is 1. The lowest BCUT2D eigenvalue weighted by atomic mass is 10.1. The van der Waals surface area contributed by atoms with Gasteiger partial charge in [-0.15, -0.1) is 0 Å². The first-order valence-electron chi connectivity index (χ1n) is 6.71. The van der Waals surface area contributed by atoms with Crippen LogP contribution in [0.1, 0.15) is 12.8 Å². The van der Waals surface area contributed by atoms with Crippen LogP contribution < -0.4 is 10.2 Å². The molecular formula is C14H16BrN5. The van der Waals surface area contributed by atoms with Crippen LogP contribution >= 0.6 is 15.9 Å². The lowest BCUT2D eigenvalue weighted by Gasteiger charge is -2.34. The normalized spacial score (nSPS) is 18.9. The molecule has 1 aliphatic heterocycles. The highest BCUT2D eigenvalue weighted by molar-refractivity contribution is 9.10. The molecule has 0 saturated carbocycles. The molecule has 0 bridgehead atoms. The molecule has 104 valence electrons. The van der Waals surface area contributed by atoms with E-state index >= 15 is 0 Å². The van der Waals surface area contributed by atoms with Gasteiger partial charge < -0.3 is 10.2 Å². The average Bonchev–Trinajstić information content (AvgIpc) is 2.49. The fourth-order valence-electron chi connectivity index (χ4n) is 2.48. The summed E-state index contributed by atoms with van der Waals surface area (Å²) < 4.78 is 1.04. The van der Waals surface area contributed by atoms with E-state index in [1.54, 1.807) is 12.5 Å². The number of halogens is 1. The molecule has 0 aliphatic carbocycles. The molecule has 6 heteroatoms. The van der Waals surface area contributed by atoms with Gasteiger partial charge in [0.25, 0.3) is 0 Å². The Balaban J connectivity index is 1.69. The maximum absolute atomic E-state index is 4.47. The monoisotopic (exact) mass is 333 g/mol. The molecule has 1 unspecified atom stereocenters. The minimum Gasteiger partial charge on any atom is -0.365 e. The molecule has 1 atom stereocenters. The van der Waals surface area contributed by atoms with Crippen LogP contribution in [0.15, 0.2) is 41.4 Å². The van der Waals surface area contributed by atoms with Crippen molar-refractivity contribution in [2.75, 3.05) is 23.3 Å². The molecule has 5 nitrogen and oxygen atoms in total. The fraction of sp³-hybridized carbons (Fsp3) is 0.357. The first-order valence-corrected chi connectivity index (χ1v) is 7.50. The van der Waals surface area contributed by atoms with Gasteiger partial charge in [0, 0.05) is 31.5 Å². The quantitative estimate of drug-likeness (QED) is 0.935. The van der Waals surface area contributed by atoms with Crippen molar-refractivity contribution in [3.8, 4) is 0 Å². The number of anilines is 2. The minimum atomic E-state index is 0.382. The summed E-state index contributed by atoms with van der Waals surface area (Å²) in [6.45, 7) is 1.97. The van der Waals surface area contributed by atoms with E-state index in [1.165, 1.54) is 0 Å². The van der Waals surface area contributed by atoms with Crippen LogP contribution in [0.5, 0.6) is 0 Å². The van der Waals surface area contributed by atoms with E-state index in [-0.39, 0.29) is 0 Å². The fourth-order valence-corrected chi connectivity index (χ4v) is 2.99. The van der Waals surface area contributed by atoms with Gasteiger partial charge in [0.2, 0.25) is 0 Å². The maximum atomic E-state index is 4.47. The zero-order chi connectivity index (χ0) is 13.8. The highest BCUT2D eigenvalue weighted by atomic mass is 79.9. The smallest absolute Gasteiger partial charge is 0.142 e. The van der Waals surface area contributed by atoms with Crippen molar-refractivity contribution in [2.24, 2.45) is 0 Å².